The van der Waals surface area contributed by atoms with E-state index in [2.05, 4.69) is 15.5 Å². The molecule has 0 radical (unpaired) electrons. The number of benzene rings is 1. The van der Waals surface area contributed by atoms with Gasteiger partial charge in [0, 0.05) is 11.8 Å². The Bertz CT molecular complexity index is 887. The first kappa shape index (κ1) is 16.5. The maximum atomic E-state index is 12.5. The van der Waals surface area contributed by atoms with Crippen LogP contribution in [0.5, 0.6) is 5.75 Å². The topological polar surface area (TPSA) is 68.5 Å². The van der Waals surface area contributed by atoms with Crippen molar-refractivity contribution in [3.8, 4) is 5.75 Å². The van der Waals surface area contributed by atoms with Gasteiger partial charge in [-0.25, -0.2) is 0 Å². The predicted octanol–water partition coefficient (Wildman–Crippen LogP) is 3.54. The normalized spacial score (nSPS) is 12.2. The first-order valence-corrected chi connectivity index (χ1v) is 7.90. The molecule has 0 aliphatic carbocycles. The Morgan fingerprint density at radius 3 is 2.62 bits per heavy atom. The minimum Gasteiger partial charge on any atom is -0.494 e. The molecule has 0 aliphatic heterocycles. The second-order valence-corrected chi connectivity index (χ2v) is 5.97. The minimum atomic E-state index is -0.352. The molecule has 2 aromatic heterocycles. The smallest absolute Gasteiger partial charge is 0.251 e. The summed E-state index contributed by atoms with van der Waals surface area (Å²) in [6.45, 7) is 1.83. The number of pyridine rings is 1. The highest BCUT2D eigenvalue weighted by Crippen LogP contribution is 2.33. The number of carbonyl (C=O) groups is 1. The molecule has 24 heavy (non-hydrogen) atoms. The Morgan fingerprint density at radius 2 is 1.96 bits per heavy atom. The van der Waals surface area contributed by atoms with Crippen molar-refractivity contribution >= 4 is 34.8 Å². The van der Waals surface area contributed by atoms with Crippen molar-refractivity contribution in [2.75, 3.05) is 7.11 Å². The molecule has 124 valence electrons. The number of ether oxygens (including phenoxy) is 1. The van der Waals surface area contributed by atoms with Crippen LogP contribution in [0.1, 0.15) is 29.1 Å². The maximum Gasteiger partial charge on any atom is 0.251 e. The second kappa shape index (κ2) is 6.67. The molecule has 6 nitrogen and oxygen atoms in total. The Morgan fingerprint density at radius 1 is 1.25 bits per heavy atom. The fourth-order valence-corrected chi connectivity index (χ4v) is 3.03. The first-order valence-electron chi connectivity index (χ1n) is 7.15. The van der Waals surface area contributed by atoms with Gasteiger partial charge in [0.1, 0.15) is 0 Å². The zero-order valence-corrected chi connectivity index (χ0v) is 14.5. The van der Waals surface area contributed by atoms with E-state index in [0.717, 1.165) is 0 Å². The molecule has 1 amide bonds. The third-order valence-electron chi connectivity index (χ3n) is 3.54. The Hall–Kier alpha value is -2.31. The zero-order chi connectivity index (χ0) is 17.3. The number of fused-ring (bicyclic) bond motifs is 1. The molecule has 3 aromatic rings. The first-order chi connectivity index (χ1) is 11.5. The fraction of sp³-hybridized carbons (Fsp3) is 0.188. The summed E-state index contributed by atoms with van der Waals surface area (Å²) < 4.78 is 6.90. The molecule has 2 heterocycles. The van der Waals surface area contributed by atoms with E-state index in [1.165, 1.54) is 19.2 Å². The van der Waals surface area contributed by atoms with Gasteiger partial charge in [0.15, 0.2) is 17.2 Å². The van der Waals surface area contributed by atoms with E-state index in [9.17, 15) is 4.79 Å². The van der Waals surface area contributed by atoms with Crippen molar-refractivity contribution in [1.29, 1.82) is 0 Å². The number of aromatic nitrogens is 3. The number of rotatable bonds is 4. The van der Waals surface area contributed by atoms with Gasteiger partial charge in [0.05, 0.1) is 23.2 Å². The van der Waals surface area contributed by atoms with Gasteiger partial charge in [-0.1, -0.05) is 29.3 Å². The molecule has 0 unspecified atom stereocenters. The SMILES string of the molecule is COc1c(Cl)cc(C(=O)N[C@@H](C)c2nnc3ccccn23)cc1Cl. The summed E-state index contributed by atoms with van der Waals surface area (Å²) >= 11 is 12.2. The molecule has 3 rings (SSSR count). The van der Waals surface area contributed by atoms with E-state index in [1.807, 2.05) is 35.7 Å². The Labute approximate surface area is 148 Å². The molecule has 0 spiro atoms. The summed E-state index contributed by atoms with van der Waals surface area (Å²) in [6, 6.07) is 8.26. The van der Waals surface area contributed by atoms with Crippen molar-refractivity contribution in [2.45, 2.75) is 13.0 Å². The van der Waals surface area contributed by atoms with Gasteiger partial charge in [-0.05, 0) is 31.2 Å². The van der Waals surface area contributed by atoms with Crippen molar-refractivity contribution in [3.63, 3.8) is 0 Å². The highest BCUT2D eigenvalue weighted by atomic mass is 35.5. The van der Waals surface area contributed by atoms with Gasteiger partial charge in [-0.2, -0.15) is 0 Å². The molecular weight excluding hydrogens is 351 g/mol. The van der Waals surface area contributed by atoms with Gasteiger partial charge >= 0.3 is 0 Å². The van der Waals surface area contributed by atoms with E-state index in [4.69, 9.17) is 27.9 Å². The summed E-state index contributed by atoms with van der Waals surface area (Å²) in [6.07, 6.45) is 1.84. The molecular formula is C16H14Cl2N4O2. The van der Waals surface area contributed by atoms with Gasteiger partial charge < -0.3 is 10.1 Å². The summed E-state index contributed by atoms with van der Waals surface area (Å²) in [5, 5.41) is 11.6. The monoisotopic (exact) mass is 364 g/mol. The molecule has 0 aliphatic rings. The lowest BCUT2D eigenvalue weighted by atomic mass is 10.2. The zero-order valence-electron chi connectivity index (χ0n) is 13.0. The van der Waals surface area contributed by atoms with Gasteiger partial charge in [-0.15, -0.1) is 10.2 Å². The van der Waals surface area contributed by atoms with E-state index >= 15 is 0 Å². The molecule has 0 saturated carbocycles. The predicted molar refractivity (Wildman–Crippen MR) is 91.9 cm³/mol. The maximum absolute atomic E-state index is 12.5. The number of amides is 1. The summed E-state index contributed by atoms with van der Waals surface area (Å²) in [5.74, 6) is 0.651. The van der Waals surface area contributed by atoms with Crippen LogP contribution in [0.15, 0.2) is 36.5 Å². The number of nitrogens with one attached hydrogen (secondary N) is 1. The highest BCUT2D eigenvalue weighted by molar-refractivity contribution is 6.37. The lowest BCUT2D eigenvalue weighted by Crippen LogP contribution is -2.28. The lowest BCUT2D eigenvalue weighted by Gasteiger charge is -2.14. The molecule has 8 heteroatoms. The standard InChI is InChI=1S/C16H14Cl2N4O2/c1-9(15-21-20-13-5-3-4-6-22(13)15)19-16(23)10-7-11(17)14(24-2)12(18)8-10/h3-9H,1-2H3,(H,19,23)/t9-/m0/s1. The van der Waals surface area contributed by atoms with Crippen molar-refractivity contribution in [1.82, 2.24) is 19.9 Å². The Balaban J connectivity index is 1.84. The van der Waals surface area contributed by atoms with E-state index in [-0.39, 0.29) is 22.0 Å². The number of hydrogen-bond donors (Lipinski definition) is 1. The molecule has 1 atom stereocenters. The summed E-state index contributed by atoms with van der Waals surface area (Å²) in [7, 11) is 1.46. The third kappa shape index (κ3) is 3.02. The van der Waals surface area contributed by atoms with Crippen molar-refractivity contribution in [3.05, 3.63) is 58.0 Å². The highest BCUT2D eigenvalue weighted by Gasteiger charge is 2.18. The number of nitrogens with zero attached hydrogens (tertiary/aromatic N) is 3. The second-order valence-electron chi connectivity index (χ2n) is 5.16. The summed E-state index contributed by atoms with van der Waals surface area (Å²) in [4.78, 5) is 12.5. The van der Waals surface area contributed by atoms with Crippen LogP contribution in [0, 0.1) is 0 Å². The fourth-order valence-electron chi connectivity index (χ4n) is 2.39. The van der Waals surface area contributed by atoms with Crippen LogP contribution in [0.2, 0.25) is 10.0 Å². The van der Waals surface area contributed by atoms with Crippen LogP contribution in [0.4, 0.5) is 0 Å². The molecule has 0 saturated heterocycles. The number of hydrogen-bond acceptors (Lipinski definition) is 4. The van der Waals surface area contributed by atoms with Crippen molar-refractivity contribution in [2.24, 2.45) is 0 Å². The van der Waals surface area contributed by atoms with Gasteiger partial charge in [0.25, 0.3) is 5.91 Å². The molecule has 1 N–H and O–H groups in total. The van der Waals surface area contributed by atoms with Gasteiger partial charge in [-0.3, -0.25) is 9.20 Å². The number of methoxy groups -OCH3 is 1. The number of halogens is 2. The average molecular weight is 365 g/mol. The quantitative estimate of drug-likeness (QED) is 0.768. The van der Waals surface area contributed by atoms with Crippen LogP contribution >= 0.6 is 23.2 Å². The minimum absolute atomic E-state index is 0.274. The molecule has 0 bridgehead atoms. The Kier molecular flexibility index (Phi) is 4.59. The molecule has 1 aromatic carbocycles. The van der Waals surface area contributed by atoms with Crippen LogP contribution in [-0.4, -0.2) is 27.6 Å². The van der Waals surface area contributed by atoms with E-state index < -0.39 is 0 Å². The van der Waals surface area contributed by atoms with Crippen LogP contribution < -0.4 is 10.1 Å². The lowest BCUT2D eigenvalue weighted by molar-refractivity contribution is 0.0938. The van der Waals surface area contributed by atoms with Gasteiger partial charge in [0.2, 0.25) is 0 Å². The van der Waals surface area contributed by atoms with E-state index in [0.29, 0.717) is 22.8 Å². The van der Waals surface area contributed by atoms with Crippen LogP contribution in [0.3, 0.4) is 0 Å². The van der Waals surface area contributed by atoms with E-state index in [1.54, 1.807) is 0 Å². The van der Waals surface area contributed by atoms with Crippen LogP contribution in [-0.2, 0) is 0 Å². The summed E-state index contributed by atoms with van der Waals surface area (Å²) in [5.41, 5.74) is 1.05. The largest absolute Gasteiger partial charge is 0.494 e. The number of carbonyl (C=O) groups excluding carboxylic acids is 1. The third-order valence-corrected chi connectivity index (χ3v) is 4.10. The average Bonchev–Trinajstić information content (AvgIpc) is 2.98. The molecule has 0 fully saturated rings. The van der Waals surface area contributed by atoms with Crippen LogP contribution in [0.25, 0.3) is 5.65 Å². The van der Waals surface area contributed by atoms with Crippen molar-refractivity contribution < 1.29 is 9.53 Å².